The van der Waals surface area contributed by atoms with E-state index < -0.39 is 7.32 Å². The summed E-state index contributed by atoms with van der Waals surface area (Å²) in [5, 5.41) is 17.8. The molecule has 126 valence electrons. The lowest BCUT2D eigenvalue weighted by molar-refractivity contribution is -0.142. The molecule has 2 rings (SSSR count). The van der Waals surface area contributed by atoms with Crippen LogP contribution in [-0.4, -0.2) is 36.0 Å². The Morgan fingerprint density at radius 3 is 2.65 bits per heavy atom. The number of carbonyl (C=O) groups is 1. The minimum atomic E-state index is -1.89. The molecule has 0 amide bonds. The monoisotopic (exact) mass is 322 g/mol. The van der Waals surface area contributed by atoms with Crippen molar-refractivity contribution < 1.29 is 29.0 Å². The lowest BCUT2D eigenvalue weighted by Crippen LogP contribution is -2.22. The van der Waals surface area contributed by atoms with Gasteiger partial charge in [-0.2, -0.15) is 0 Å². The number of hydrogen-bond acceptors (Lipinski definition) is 6. The zero-order valence-corrected chi connectivity index (χ0v) is 13.4. The van der Waals surface area contributed by atoms with E-state index in [2.05, 4.69) is 0 Å². The normalized spacial score (nSPS) is 15.1. The quantitative estimate of drug-likeness (QED) is 0.589. The van der Waals surface area contributed by atoms with Crippen LogP contribution < -0.4 is 9.39 Å². The summed E-state index contributed by atoms with van der Waals surface area (Å²) in [6.07, 6.45) is 5.65. The van der Waals surface area contributed by atoms with Crippen molar-refractivity contribution in [3.8, 4) is 11.5 Å². The first kappa shape index (κ1) is 17.6. The van der Waals surface area contributed by atoms with E-state index in [-0.39, 0.29) is 24.2 Å². The van der Waals surface area contributed by atoms with E-state index in [0.29, 0.717) is 17.9 Å². The Bertz CT molecular complexity index is 513. The fourth-order valence-electron chi connectivity index (χ4n) is 2.72. The predicted octanol–water partition coefficient (Wildman–Crippen LogP) is 1.85. The number of rotatable bonds is 7. The highest BCUT2D eigenvalue weighted by molar-refractivity contribution is 6.33. The van der Waals surface area contributed by atoms with Crippen molar-refractivity contribution >= 4 is 13.3 Å². The highest BCUT2D eigenvalue weighted by Crippen LogP contribution is 2.30. The molecule has 0 unspecified atom stereocenters. The highest BCUT2D eigenvalue weighted by Gasteiger charge is 2.19. The molecule has 0 saturated heterocycles. The van der Waals surface area contributed by atoms with Gasteiger partial charge < -0.3 is 24.2 Å². The number of esters is 1. The van der Waals surface area contributed by atoms with Gasteiger partial charge >= 0.3 is 13.3 Å². The van der Waals surface area contributed by atoms with Gasteiger partial charge in [-0.05, 0) is 38.7 Å². The summed E-state index contributed by atoms with van der Waals surface area (Å²) in [5.41, 5.74) is 0.703. The molecule has 1 saturated carbocycles. The average molecular weight is 322 g/mol. The molecule has 1 aromatic carbocycles. The second-order valence-corrected chi connectivity index (χ2v) is 5.57. The van der Waals surface area contributed by atoms with Crippen molar-refractivity contribution in [2.45, 2.75) is 51.6 Å². The van der Waals surface area contributed by atoms with Crippen molar-refractivity contribution in [1.82, 2.24) is 0 Å². The maximum absolute atomic E-state index is 11.7. The van der Waals surface area contributed by atoms with E-state index in [0.717, 1.165) is 25.7 Å². The maximum atomic E-state index is 11.7. The Kier molecular flexibility index (Phi) is 6.74. The molecule has 1 aliphatic carbocycles. The van der Waals surface area contributed by atoms with Crippen LogP contribution in [0.15, 0.2) is 18.2 Å². The van der Waals surface area contributed by atoms with Crippen LogP contribution in [-0.2, 0) is 16.0 Å². The zero-order chi connectivity index (χ0) is 16.7. The largest absolute Gasteiger partial charge is 0.707 e. The third kappa shape index (κ3) is 5.76. The van der Waals surface area contributed by atoms with Crippen molar-refractivity contribution in [3.05, 3.63) is 23.8 Å². The minimum Gasteiger partial charge on any atom is -0.512 e. The molecular formula is C16H23BO6. The Hall–Kier alpha value is -1.73. The fourth-order valence-corrected chi connectivity index (χ4v) is 2.72. The van der Waals surface area contributed by atoms with E-state index in [1.165, 1.54) is 6.42 Å². The SMILES string of the molecule is CCOC(=O)Cc1ccc(OB(O)O)cc1OC1CCCCC1. The van der Waals surface area contributed by atoms with Crippen LogP contribution in [0.2, 0.25) is 0 Å². The van der Waals surface area contributed by atoms with Crippen molar-refractivity contribution in [3.63, 3.8) is 0 Å². The highest BCUT2D eigenvalue weighted by atomic mass is 16.6. The van der Waals surface area contributed by atoms with Crippen LogP contribution in [0.5, 0.6) is 11.5 Å². The molecular weight excluding hydrogens is 299 g/mol. The van der Waals surface area contributed by atoms with Gasteiger partial charge in [-0.25, -0.2) is 0 Å². The van der Waals surface area contributed by atoms with E-state index in [1.807, 2.05) is 0 Å². The Morgan fingerprint density at radius 2 is 2.00 bits per heavy atom. The van der Waals surface area contributed by atoms with Crippen molar-refractivity contribution in [2.24, 2.45) is 0 Å². The lowest BCUT2D eigenvalue weighted by atomic mass is 9.97. The van der Waals surface area contributed by atoms with E-state index in [4.69, 9.17) is 24.2 Å². The van der Waals surface area contributed by atoms with Gasteiger partial charge in [0.15, 0.2) is 0 Å². The summed E-state index contributed by atoms with van der Waals surface area (Å²) >= 11 is 0. The molecule has 7 heteroatoms. The Balaban J connectivity index is 2.15. The van der Waals surface area contributed by atoms with Crippen LogP contribution >= 0.6 is 0 Å². The van der Waals surface area contributed by atoms with E-state index >= 15 is 0 Å². The molecule has 23 heavy (non-hydrogen) atoms. The molecule has 1 fully saturated rings. The smallest absolute Gasteiger partial charge is 0.512 e. The summed E-state index contributed by atoms with van der Waals surface area (Å²) in [5.74, 6) is 0.485. The van der Waals surface area contributed by atoms with Gasteiger partial charge in [0.05, 0.1) is 19.1 Å². The van der Waals surface area contributed by atoms with E-state index in [9.17, 15) is 4.79 Å². The molecule has 1 aromatic rings. The maximum Gasteiger partial charge on any atom is 0.707 e. The van der Waals surface area contributed by atoms with Gasteiger partial charge in [0.1, 0.15) is 11.5 Å². The molecule has 0 spiro atoms. The molecule has 0 heterocycles. The topological polar surface area (TPSA) is 85.2 Å². The summed E-state index contributed by atoms with van der Waals surface area (Å²) < 4.78 is 15.9. The first-order valence-corrected chi connectivity index (χ1v) is 8.06. The molecule has 0 radical (unpaired) electrons. The predicted molar refractivity (Wildman–Crippen MR) is 85.1 cm³/mol. The van der Waals surface area contributed by atoms with Crippen molar-refractivity contribution in [2.75, 3.05) is 6.61 Å². The van der Waals surface area contributed by atoms with Crippen LogP contribution in [0.3, 0.4) is 0 Å². The number of carbonyl (C=O) groups excluding carboxylic acids is 1. The summed E-state index contributed by atoms with van der Waals surface area (Å²) in [6, 6.07) is 4.84. The van der Waals surface area contributed by atoms with E-state index in [1.54, 1.807) is 25.1 Å². The van der Waals surface area contributed by atoms with Crippen molar-refractivity contribution in [1.29, 1.82) is 0 Å². The first-order valence-electron chi connectivity index (χ1n) is 8.06. The molecule has 0 atom stereocenters. The number of benzene rings is 1. The standard InChI is InChI=1S/C16H23BO6/c1-2-21-16(18)10-12-8-9-14(23-17(19)20)11-15(12)22-13-6-4-3-5-7-13/h8-9,11,13,19-20H,2-7,10H2,1H3. The summed E-state index contributed by atoms with van der Waals surface area (Å²) in [4.78, 5) is 11.7. The molecule has 2 N–H and O–H groups in total. The molecule has 0 aliphatic heterocycles. The Labute approximate surface area is 136 Å². The molecule has 0 bridgehead atoms. The third-order valence-electron chi connectivity index (χ3n) is 3.77. The van der Waals surface area contributed by atoms with Gasteiger partial charge in [-0.15, -0.1) is 0 Å². The van der Waals surface area contributed by atoms with Crippen LogP contribution in [0.25, 0.3) is 0 Å². The average Bonchev–Trinajstić information content (AvgIpc) is 2.50. The summed E-state index contributed by atoms with van der Waals surface area (Å²) in [6.45, 7) is 2.09. The minimum absolute atomic E-state index is 0.109. The molecule has 1 aliphatic rings. The van der Waals surface area contributed by atoms with Gasteiger partial charge in [0, 0.05) is 11.6 Å². The summed E-state index contributed by atoms with van der Waals surface area (Å²) in [7, 11) is -1.89. The van der Waals surface area contributed by atoms with Crippen LogP contribution in [0.4, 0.5) is 0 Å². The third-order valence-corrected chi connectivity index (χ3v) is 3.77. The Morgan fingerprint density at radius 1 is 1.26 bits per heavy atom. The van der Waals surface area contributed by atoms with Gasteiger partial charge in [0.25, 0.3) is 0 Å². The molecule has 6 nitrogen and oxygen atoms in total. The second-order valence-electron chi connectivity index (χ2n) is 5.57. The number of hydrogen-bond donors (Lipinski definition) is 2. The lowest BCUT2D eigenvalue weighted by Gasteiger charge is -2.24. The van der Waals surface area contributed by atoms with Crippen LogP contribution in [0, 0.1) is 0 Å². The first-order chi connectivity index (χ1) is 11.1. The number of ether oxygens (including phenoxy) is 2. The fraction of sp³-hybridized carbons (Fsp3) is 0.562. The second kappa shape index (κ2) is 8.79. The zero-order valence-electron chi connectivity index (χ0n) is 13.4. The van der Waals surface area contributed by atoms with Gasteiger partial charge in [-0.3, -0.25) is 4.79 Å². The van der Waals surface area contributed by atoms with Gasteiger partial charge in [-0.1, -0.05) is 12.5 Å². The van der Waals surface area contributed by atoms with Gasteiger partial charge in [0.2, 0.25) is 0 Å². The van der Waals surface area contributed by atoms with Crippen LogP contribution in [0.1, 0.15) is 44.6 Å². The molecule has 0 aromatic heterocycles.